The van der Waals surface area contributed by atoms with E-state index in [1.54, 1.807) is 41.5 Å². The van der Waals surface area contributed by atoms with Crippen molar-refractivity contribution in [3.8, 4) is 5.82 Å². The molecule has 124 valence electrons. The number of hydrogen-bond donors (Lipinski definition) is 1. The minimum Gasteiger partial charge on any atom is -0.347 e. The quantitative estimate of drug-likeness (QED) is 0.611. The van der Waals surface area contributed by atoms with Crippen LogP contribution in [-0.2, 0) is 6.54 Å². The molecule has 1 N–H and O–H groups in total. The van der Waals surface area contributed by atoms with Gasteiger partial charge in [-0.25, -0.2) is 14.1 Å². The lowest BCUT2D eigenvalue weighted by Gasteiger charge is -2.06. The molecule has 25 heavy (non-hydrogen) atoms. The van der Waals surface area contributed by atoms with Gasteiger partial charge in [-0.3, -0.25) is 4.79 Å². The molecular weight excluding hydrogens is 339 g/mol. The predicted octanol–water partition coefficient (Wildman–Crippen LogP) is 3.55. The molecule has 3 aromatic heterocycles. The maximum atomic E-state index is 13.8. The molecule has 0 spiro atoms. The fourth-order valence-electron chi connectivity index (χ4n) is 2.51. The van der Waals surface area contributed by atoms with Gasteiger partial charge in [0.25, 0.3) is 5.91 Å². The van der Waals surface area contributed by atoms with E-state index < -0.39 is 0 Å². The van der Waals surface area contributed by atoms with Gasteiger partial charge in [-0.15, -0.1) is 11.3 Å². The molecule has 0 atom stereocenters. The van der Waals surface area contributed by atoms with Gasteiger partial charge in [-0.05, 0) is 42.0 Å². The summed E-state index contributed by atoms with van der Waals surface area (Å²) in [5, 5.41) is 7.47. The standard InChI is InChI=1S/C18H13FN4OS/c19-14-3-1-4-15-13(14)10-16(25-15)18(24)21-11-12-5-7-20-17(9-12)23-8-2-6-22-23/h1-10H,11H2,(H,21,24). The molecule has 0 aliphatic heterocycles. The number of pyridine rings is 1. The fraction of sp³-hybridized carbons (Fsp3) is 0.0556. The molecular formula is C18H13FN4OS. The summed E-state index contributed by atoms with van der Waals surface area (Å²) in [6, 6.07) is 11.9. The number of carbonyl (C=O) groups excluding carboxylic acids is 1. The van der Waals surface area contributed by atoms with Crippen molar-refractivity contribution in [2.75, 3.05) is 0 Å². The molecule has 0 aliphatic carbocycles. The summed E-state index contributed by atoms with van der Waals surface area (Å²) in [6.07, 6.45) is 5.15. The number of aromatic nitrogens is 3. The summed E-state index contributed by atoms with van der Waals surface area (Å²) in [7, 11) is 0. The highest BCUT2D eigenvalue weighted by Gasteiger charge is 2.12. The number of halogens is 1. The molecule has 4 rings (SSSR count). The van der Waals surface area contributed by atoms with Crippen molar-refractivity contribution in [2.24, 2.45) is 0 Å². The minimum atomic E-state index is -0.314. The molecule has 7 heteroatoms. The van der Waals surface area contributed by atoms with Crippen LogP contribution >= 0.6 is 11.3 Å². The van der Waals surface area contributed by atoms with Gasteiger partial charge in [0.1, 0.15) is 5.82 Å². The van der Waals surface area contributed by atoms with Gasteiger partial charge in [-0.2, -0.15) is 5.10 Å². The third kappa shape index (κ3) is 3.14. The van der Waals surface area contributed by atoms with Crippen LogP contribution in [0.4, 0.5) is 4.39 Å². The first-order chi connectivity index (χ1) is 12.2. The van der Waals surface area contributed by atoms with Gasteiger partial charge in [-0.1, -0.05) is 6.07 Å². The van der Waals surface area contributed by atoms with Crippen molar-refractivity contribution in [3.63, 3.8) is 0 Å². The number of nitrogens with one attached hydrogen (secondary N) is 1. The number of nitrogens with zero attached hydrogens (tertiary/aromatic N) is 3. The van der Waals surface area contributed by atoms with E-state index in [0.717, 1.165) is 10.3 Å². The van der Waals surface area contributed by atoms with Crippen LogP contribution in [0, 0.1) is 5.82 Å². The molecule has 1 aromatic carbocycles. The Kier molecular flexibility index (Phi) is 3.99. The average molecular weight is 352 g/mol. The Morgan fingerprint density at radius 1 is 1.20 bits per heavy atom. The second kappa shape index (κ2) is 6.45. The van der Waals surface area contributed by atoms with Crippen LogP contribution in [0.3, 0.4) is 0 Å². The Morgan fingerprint density at radius 3 is 2.92 bits per heavy atom. The number of carbonyl (C=O) groups is 1. The minimum absolute atomic E-state index is 0.224. The Labute approximate surface area is 146 Å². The smallest absolute Gasteiger partial charge is 0.261 e. The molecule has 0 radical (unpaired) electrons. The van der Waals surface area contributed by atoms with Crippen LogP contribution in [0.5, 0.6) is 0 Å². The topological polar surface area (TPSA) is 59.8 Å². The van der Waals surface area contributed by atoms with Gasteiger partial charge >= 0.3 is 0 Å². The van der Waals surface area contributed by atoms with E-state index in [-0.39, 0.29) is 11.7 Å². The number of fused-ring (bicyclic) bond motifs is 1. The lowest BCUT2D eigenvalue weighted by Crippen LogP contribution is -2.21. The molecule has 3 heterocycles. The number of thiophene rings is 1. The molecule has 0 saturated carbocycles. The summed E-state index contributed by atoms with van der Waals surface area (Å²) in [5.74, 6) is 0.143. The highest BCUT2D eigenvalue weighted by atomic mass is 32.1. The first kappa shape index (κ1) is 15.5. The summed E-state index contributed by atoms with van der Waals surface area (Å²) in [4.78, 5) is 17.1. The monoisotopic (exact) mass is 352 g/mol. The molecule has 0 unspecified atom stereocenters. The Morgan fingerprint density at radius 2 is 2.12 bits per heavy atom. The van der Waals surface area contributed by atoms with E-state index in [2.05, 4.69) is 15.4 Å². The maximum Gasteiger partial charge on any atom is 0.261 e. The second-order valence-corrected chi connectivity index (χ2v) is 6.50. The van der Waals surface area contributed by atoms with Crippen LogP contribution < -0.4 is 5.32 Å². The molecule has 0 fully saturated rings. The molecule has 0 aliphatic rings. The highest BCUT2D eigenvalue weighted by molar-refractivity contribution is 7.20. The van der Waals surface area contributed by atoms with Gasteiger partial charge in [0, 0.05) is 35.2 Å². The molecule has 5 nitrogen and oxygen atoms in total. The molecule has 1 amide bonds. The largest absolute Gasteiger partial charge is 0.347 e. The van der Waals surface area contributed by atoms with Crippen molar-refractivity contribution >= 4 is 27.3 Å². The normalized spacial score (nSPS) is 10.9. The van der Waals surface area contributed by atoms with Crippen molar-refractivity contribution < 1.29 is 9.18 Å². The third-order valence-corrected chi connectivity index (χ3v) is 4.83. The van der Waals surface area contributed by atoms with E-state index in [1.807, 2.05) is 18.2 Å². The van der Waals surface area contributed by atoms with Gasteiger partial charge in [0.2, 0.25) is 0 Å². The lowest BCUT2D eigenvalue weighted by molar-refractivity contribution is 0.0955. The van der Waals surface area contributed by atoms with Gasteiger partial charge in [0.15, 0.2) is 5.82 Å². The summed E-state index contributed by atoms with van der Waals surface area (Å²) >= 11 is 1.28. The van der Waals surface area contributed by atoms with E-state index >= 15 is 0 Å². The highest BCUT2D eigenvalue weighted by Crippen LogP contribution is 2.27. The number of hydrogen-bond acceptors (Lipinski definition) is 4. The molecule has 4 aromatic rings. The summed E-state index contributed by atoms with van der Waals surface area (Å²) < 4.78 is 16.2. The van der Waals surface area contributed by atoms with Crippen LogP contribution in [0.2, 0.25) is 0 Å². The van der Waals surface area contributed by atoms with E-state index in [4.69, 9.17) is 0 Å². The predicted molar refractivity (Wildman–Crippen MR) is 94.3 cm³/mol. The van der Waals surface area contributed by atoms with Crippen molar-refractivity contribution in [2.45, 2.75) is 6.54 Å². The van der Waals surface area contributed by atoms with Gasteiger partial charge < -0.3 is 5.32 Å². The van der Waals surface area contributed by atoms with E-state index in [1.165, 1.54) is 17.4 Å². The Balaban J connectivity index is 1.50. The average Bonchev–Trinajstić information content (AvgIpc) is 3.30. The molecule has 0 bridgehead atoms. The zero-order chi connectivity index (χ0) is 17.2. The van der Waals surface area contributed by atoms with Crippen LogP contribution in [-0.4, -0.2) is 20.7 Å². The lowest BCUT2D eigenvalue weighted by atomic mass is 10.2. The molecule has 0 saturated heterocycles. The fourth-order valence-corrected chi connectivity index (χ4v) is 3.50. The number of amides is 1. The third-order valence-electron chi connectivity index (χ3n) is 3.73. The van der Waals surface area contributed by atoms with E-state index in [0.29, 0.717) is 22.6 Å². The number of benzene rings is 1. The van der Waals surface area contributed by atoms with E-state index in [9.17, 15) is 9.18 Å². The van der Waals surface area contributed by atoms with Crippen LogP contribution in [0.1, 0.15) is 15.2 Å². The first-order valence-corrected chi connectivity index (χ1v) is 8.43. The number of rotatable bonds is 4. The van der Waals surface area contributed by atoms with Gasteiger partial charge in [0.05, 0.1) is 4.88 Å². The summed E-state index contributed by atoms with van der Waals surface area (Å²) in [5.41, 5.74) is 0.904. The van der Waals surface area contributed by atoms with Crippen molar-refractivity contribution in [1.29, 1.82) is 0 Å². The zero-order valence-corrected chi connectivity index (χ0v) is 13.8. The Bertz CT molecular complexity index is 1040. The van der Waals surface area contributed by atoms with Crippen LogP contribution in [0.15, 0.2) is 61.1 Å². The second-order valence-electron chi connectivity index (χ2n) is 5.42. The maximum absolute atomic E-state index is 13.8. The van der Waals surface area contributed by atoms with Crippen molar-refractivity contribution in [1.82, 2.24) is 20.1 Å². The Hall–Kier alpha value is -3.06. The van der Waals surface area contributed by atoms with Crippen molar-refractivity contribution in [3.05, 3.63) is 77.3 Å². The summed E-state index contributed by atoms with van der Waals surface area (Å²) in [6.45, 7) is 0.354. The first-order valence-electron chi connectivity index (χ1n) is 7.62. The zero-order valence-electron chi connectivity index (χ0n) is 13.0. The van der Waals surface area contributed by atoms with Crippen LogP contribution in [0.25, 0.3) is 15.9 Å². The SMILES string of the molecule is O=C(NCc1ccnc(-n2cccn2)c1)c1cc2c(F)cccc2s1.